The third-order valence-electron chi connectivity index (χ3n) is 2.15. The van der Waals surface area contributed by atoms with E-state index in [4.69, 9.17) is 5.26 Å². The maximum Gasteiger partial charge on any atom is 0.405 e. The highest BCUT2D eigenvalue weighted by molar-refractivity contribution is 7.85. The van der Waals surface area contributed by atoms with Crippen molar-refractivity contribution in [1.82, 2.24) is 0 Å². The van der Waals surface area contributed by atoms with Crippen LogP contribution in [0, 0.1) is 24.2 Å². The van der Waals surface area contributed by atoms with Crippen molar-refractivity contribution in [3.05, 3.63) is 29.8 Å². The van der Waals surface area contributed by atoms with Crippen molar-refractivity contribution in [3.8, 4) is 6.07 Å². The molecule has 2 nitrogen and oxygen atoms in total. The second-order valence-corrected chi connectivity index (χ2v) is 5.04. The van der Waals surface area contributed by atoms with Crippen LogP contribution in [0.15, 0.2) is 29.2 Å². The molecule has 0 aliphatic heterocycles. The Hall–Kier alpha value is -1.35. The molecule has 0 aliphatic rings. The van der Waals surface area contributed by atoms with Gasteiger partial charge in [-0.1, -0.05) is 17.7 Å². The van der Waals surface area contributed by atoms with Crippen molar-refractivity contribution < 1.29 is 17.4 Å². The fourth-order valence-corrected chi connectivity index (χ4v) is 2.34. The highest BCUT2D eigenvalue weighted by Crippen LogP contribution is 2.27. The molecule has 0 aliphatic carbocycles. The number of hydrogen-bond acceptors (Lipinski definition) is 2. The number of hydrogen-bond donors (Lipinski definition) is 0. The third-order valence-corrected chi connectivity index (χ3v) is 3.59. The van der Waals surface area contributed by atoms with Crippen molar-refractivity contribution in [1.29, 1.82) is 5.26 Å². The van der Waals surface area contributed by atoms with E-state index in [1.807, 2.05) is 6.92 Å². The van der Waals surface area contributed by atoms with Gasteiger partial charge in [0, 0.05) is 4.90 Å². The van der Waals surface area contributed by atoms with Crippen molar-refractivity contribution in [2.24, 2.45) is 5.92 Å². The fourth-order valence-electron chi connectivity index (χ4n) is 1.14. The van der Waals surface area contributed by atoms with Crippen molar-refractivity contribution in [2.75, 3.05) is 5.75 Å². The number of benzene rings is 1. The molecule has 0 heterocycles. The summed E-state index contributed by atoms with van der Waals surface area (Å²) in [4.78, 5) is 0.306. The van der Waals surface area contributed by atoms with E-state index < -0.39 is 28.6 Å². The summed E-state index contributed by atoms with van der Waals surface area (Å²) in [5, 5.41) is 8.40. The number of alkyl halides is 3. The molecule has 1 aromatic rings. The van der Waals surface area contributed by atoms with Gasteiger partial charge >= 0.3 is 6.18 Å². The lowest BCUT2D eigenvalue weighted by atomic mass is 10.2. The third kappa shape index (κ3) is 3.86. The summed E-state index contributed by atoms with van der Waals surface area (Å²) in [5.74, 6) is -2.91. The number of rotatable bonds is 3. The van der Waals surface area contributed by atoms with Gasteiger partial charge in [-0.25, -0.2) is 0 Å². The van der Waals surface area contributed by atoms with E-state index >= 15 is 0 Å². The average molecular weight is 261 g/mol. The van der Waals surface area contributed by atoms with Crippen LogP contribution in [-0.2, 0) is 10.8 Å². The molecule has 2 atom stereocenters. The fraction of sp³-hybridized carbons (Fsp3) is 0.364. The van der Waals surface area contributed by atoms with E-state index in [1.165, 1.54) is 12.1 Å². The molecular formula is C11H10F3NOS. The highest BCUT2D eigenvalue weighted by atomic mass is 32.2. The minimum atomic E-state index is -4.63. The van der Waals surface area contributed by atoms with Crippen LogP contribution >= 0.6 is 0 Å². The first-order chi connectivity index (χ1) is 7.84. The van der Waals surface area contributed by atoms with Gasteiger partial charge in [0.2, 0.25) is 0 Å². The Balaban J connectivity index is 2.79. The smallest absolute Gasteiger partial charge is 0.254 e. The zero-order valence-corrected chi connectivity index (χ0v) is 9.81. The Morgan fingerprint density at radius 2 is 1.88 bits per heavy atom. The quantitative estimate of drug-likeness (QED) is 0.839. The lowest BCUT2D eigenvalue weighted by Gasteiger charge is -2.12. The monoisotopic (exact) mass is 261 g/mol. The number of aryl methyl sites for hydroxylation is 1. The molecule has 0 spiro atoms. The van der Waals surface area contributed by atoms with Crippen LogP contribution in [0.2, 0.25) is 0 Å². The second-order valence-electron chi connectivity index (χ2n) is 3.55. The summed E-state index contributed by atoms with van der Waals surface area (Å²) in [6.45, 7) is 1.82. The van der Waals surface area contributed by atoms with Crippen LogP contribution in [0.3, 0.4) is 0 Å². The van der Waals surface area contributed by atoms with Crippen LogP contribution in [0.5, 0.6) is 0 Å². The minimum absolute atomic E-state index is 0.306. The Bertz CT molecular complexity index is 447. The van der Waals surface area contributed by atoms with Crippen LogP contribution in [0.25, 0.3) is 0 Å². The molecule has 1 rings (SSSR count). The molecule has 6 heteroatoms. The number of halogens is 3. The standard InChI is InChI=1S/C11H10F3NOS/c1-8-2-4-10(5-3-8)17(16)7-9(6-15)11(12,13)14/h2-5,9H,7H2,1H3. The summed E-state index contributed by atoms with van der Waals surface area (Å²) in [5.41, 5.74) is 0.929. The zero-order valence-electron chi connectivity index (χ0n) is 8.99. The first kappa shape index (κ1) is 13.7. The van der Waals surface area contributed by atoms with E-state index in [0.717, 1.165) is 11.6 Å². The molecule has 0 N–H and O–H groups in total. The topological polar surface area (TPSA) is 40.9 Å². The van der Waals surface area contributed by atoms with Crippen LogP contribution in [-0.4, -0.2) is 16.1 Å². The van der Waals surface area contributed by atoms with Crippen LogP contribution < -0.4 is 0 Å². The first-order valence-corrected chi connectivity index (χ1v) is 6.08. The maximum atomic E-state index is 12.3. The van der Waals surface area contributed by atoms with E-state index in [9.17, 15) is 17.4 Å². The molecule has 92 valence electrons. The van der Waals surface area contributed by atoms with Gasteiger partial charge in [0.05, 0.1) is 22.6 Å². The van der Waals surface area contributed by atoms with Gasteiger partial charge in [-0.3, -0.25) is 4.21 Å². The Morgan fingerprint density at radius 3 is 2.29 bits per heavy atom. The normalized spacial score (nSPS) is 15.0. The molecule has 0 aromatic heterocycles. The Kier molecular flexibility index (Phi) is 4.29. The van der Waals surface area contributed by atoms with Gasteiger partial charge in [0.25, 0.3) is 0 Å². The molecule has 0 saturated carbocycles. The van der Waals surface area contributed by atoms with Crippen LogP contribution in [0.1, 0.15) is 5.56 Å². The van der Waals surface area contributed by atoms with Crippen LogP contribution in [0.4, 0.5) is 13.2 Å². The molecule has 2 unspecified atom stereocenters. The van der Waals surface area contributed by atoms with Gasteiger partial charge in [-0.05, 0) is 19.1 Å². The van der Waals surface area contributed by atoms with Gasteiger partial charge in [-0.2, -0.15) is 18.4 Å². The lowest BCUT2D eigenvalue weighted by molar-refractivity contribution is -0.153. The van der Waals surface area contributed by atoms with Gasteiger partial charge < -0.3 is 0 Å². The summed E-state index contributed by atoms with van der Waals surface area (Å²) >= 11 is 0. The molecule has 0 amide bonds. The first-order valence-electron chi connectivity index (χ1n) is 4.76. The SMILES string of the molecule is Cc1ccc(S(=O)CC(C#N)C(F)(F)F)cc1. The predicted octanol–water partition coefficient (Wildman–Crippen LogP) is 2.80. The predicted molar refractivity (Wildman–Crippen MR) is 57.6 cm³/mol. The summed E-state index contributed by atoms with van der Waals surface area (Å²) in [7, 11) is -1.81. The zero-order chi connectivity index (χ0) is 13.1. The largest absolute Gasteiger partial charge is 0.405 e. The van der Waals surface area contributed by atoms with Crippen molar-refractivity contribution >= 4 is 10.8 Å². The molecule has 0 radical (unpaired) electrons. The van der Waals surface area contributed by atoms with Crippen molar-refractivity contribution in [3.63, 3.8) is 0 Å². The molecule has 0 saturated heterocycles. The lowest BCUT2D eigenvalue weighted by Crippen LogP contribution is -2.26. The summed E-state index contributed by atoms with van der Waals surface area (Å²) in [6.07, 6.45) is -4.63. The van der Waals surface area contributed by atoms with Crippen molar-refractivity contribution in [2.45, 2.75) is 18.0 Å². The van der Waals surface area contributed by atoms with E-state index in [2.05, 4.69) is 0 Å². The molecule has 17 heavy (non-hydrogen) atoms. The van der Waals surface area contributed by atoms with E-state index in [1.54, 1.807) is 12.1 Å². The molecular weight excluding hydrogens is 251 g/mol. The summed E-state index contributed by atoms with van der Waals surface area (Å²) < 4.78 is 48.5. The average Bonchev–Trinajstić information content (AvgIpc) is 2.24. The van der Waals surface area contributed by atoms with Gasteiger partial charge in [-0.15, -0.1) is 0 Å². The molecule has 1 aromatic carbocycles. The number of nitriles is 1. The minimum Gasteiger partial charge on any atom is -0.254 e. The Morgan fingerprint density at radius 1 is 1.35 bits per heavy atom. The highest BCUT2D eigenvalue weighted by Gasteiger charge is 2.41. The van der Waals surface area contributed by atoms with Gasteiger partial charge in [0.15, 0.2) is 5.92 Å². The molecule has 0 bridgehead atoms. The second kappa shape index (κ2) is 5.32. The van der Waals surface area contributed by atoms with E-state index in [-0.39, 0.29) is 0 Å². The number of nitrogens with zero attached hydrogens (tertiary/aromatic N) is 1. The molecule has 0 fully saturated rings. The van der Waals surface area contributed by atoms with E-state index in [0.29, 0.717) is 4.90 Å². The Labute approximate surface area is 99.5 Å². The summed E-state index contributed by atoms with van der Waals surface area (Å²) in [6, 6.07) is 7.49. The maximum absolute atomic E-state index is 12.3. The van der Waals surface area contributed by atoms with Gasteiger partial charge in [0.1, 0.15) is 0 Å².